The Bertz CT molecular complexity index is 936. The highest BCUT2D eigenvalue weighted by molar-refractivity contribution is 5.89. The van der Waals surface area contributed by atoms with Gasteiger partial charge in [-0.15, -0.1) is 0 Å². The van der Waals surface area contributed by atoms with E-state index < -0.39 is 34.6 Å². The van der Waals surface area contributed by atoms with Crippen molar-refractivity contribution in [3.63, 3.8) is 0 Å². The fourth-order valence-corrected chi connectivity index (χ4v) is 2.67. The molecule has 0 N–H and O–H groups in total. The molecule has 1 aromatic heterocycles. The van der Waals surface area contributed by atoms with Gasteiger partial charge in [-0.25, -0.2) is 4.79 Å². The van der Waals surface area contributed by atoms with Crippen molar-refractivity contribution in [2.75, 3.05) is 7.11 Å². The normalized spacial score (nSPS) is 10.6. The summed E-state index contributed by atoms with van der Waals surface area (Å²) >= 11 is 0. The summed E-state index contributed by atoms with van der Waals surface area (Å²) in [6.45, 7) is 3.55. The van der Waals surface area contributed by atoms with E-state index in [1.54, 1.807) is 4.90 Å². The van der Waals surface area contributed by atoms with Crippen molar-refractivity contribution in [3.8, 4) is 0 Å². The number of carbonyl (C=O) groups excluding carboxylic acids is 2. The monoisotopic (exact) mass is 387 g/mol. The van der Waals surface area contributed by atoms with E-state index in [1.165, 1.54) is 0 Å². The number of pyridine rings is 1. The van der Waals surface area contributed by atoms with Gasteiger partial charge in [-0.1, -0.05) is 30.3 Å². The number of nitro groups is 1. The molecular weight excluding hydrogens is 366 g/mol. The third-order valence-corrected chi connectivity index (χ3v) is 4.13. The average molecular weight is 387 g/mol. The summed E-state index contributed by atoms with van der Waals surface area (Å²) in [5, 5.41) is 11.2. The second-order valence-corrected chi connectivity index (χ2v) is 6.40. The molecule has 2 rings (SSSR count). The summed E-state index contributed by atoms with van der Waals surface area (Å²) < 4.78 is 5.43. The molecule has 0 aliphatic carbocycles. The zero-order valence-electron chi connectivity index (χ0n) is 15.8. The van der Waals surface area contributed by atoms with Gasteiger partial charge in [0.2, 0.25) is 5.91 Å². The first-order chi connectivity index (χ1) is 13.2. The van der Waals surface area contributed by atoms with Crippen LogP contribution in [0.3, 0.4) is 0 Å². The van der Waals surface area contributed by atoms with E-state index in [0.717, 1.165) is 29.5 Å². The van der Waals surface area contributed by atoms with Crippen molar-refractivity contribution in [2.24, 2.45) is 0 Å². The topological polar surface area (TPSA) is 112 Å². The van der Waals surface area contributed by atoms with Crippen molar-refractivity contribution in [1.82, 2.24) is 9.47 Å². The Labute approximate surface area is 161 Å². The van der Waals surface area contributed by atoms with E-state index in [0.29, 0.717) is 6.54 Å². The van der Waals surface area contributed by atoms with Gasteiger partial charge in [0.1, 0.15) is 6.54 Å². The molecule has 0 fully saturated rings. The van der Waals surface area contributed by atoms with E-state index in [2.05, 4.69) is 4.74 Å². The van der Waals surface area contributed by atoms with Crippen LogP contribution in [0.5, 0.6) is 0 Å². The maximum atomic E-state index is 12.8. The summed E-state index contributed by atoms with van der Waals surface area (Å²) in [5.74, 6) is -1.24. The average Bonchev–Trinajstić information content (AvgIpc) is 2.67. The first kappa shape index (κ1) is 20.8. The predicted molar refractivity (Wildman–Crippen MR) is 101 cm³/mol. The minimum Gasteiger partial charge on any atom is -0.465 e. The Morgan fingerprint density at radius 1 is 1.25 bits per heavy atom. The lowest BCUT2D eigenvalue weighted by Gasteiger charge is -2.27. The first-order valence-corrected chi connectivity index (χ1v) is 8.55. The van der Waals surface area contributed by atoms with Crippen molar-refractivity contribution >= 4 is 17.6 Å². The molecule has 1 aromatic carbocycles. The zero-order valence-corrected chi connectivity index (χ0v) is 15.8. The highest BCUT2D eigenvalue weighted by Crippen LogP contribution is 2.12. The minimum absolute atomic E-state index is 0.165. The van der Waals surface area contributed by atoms with Crippen LogP contribution in [0, 0.1) is 10.1 Å². The number of methoxy groups -OCH3 is 1. The Balaban J connectivity index is 2.37. The molecule has 9 nitrogen and oxygen atoms in total. The Kier molecular flexibility index (Phi) is 6.64. The van der Waals surface area contributed by atoms with Gasteiger partial charge >= 0.3 is 17.2 Å². The number of esters is 1. The maximum Gasteiger partial charge on any atom is 0.339 e. The molecule has 0 bridgehead atoms. The minimum atomic E-state index is -0.963. The number of hydrogen-bond donors (Lipinski definition) is 0. The van der Waals surface area contributed by atoms with Crippen molar-refractivity contribution in [2.45, 2.75) is 33.0 Å². The van der Waals surface area contributed by atoms with Gasteiger partial charge in [-0.3, -0.25) is 24.3 Å². The van der Waals surface area contributed by atoms with E-state index in [1.807, 2.05) is 44.2 Å². The summed E-state index contributed by atoms with van der Waals surface area (Å²) in [5.41, 5.74) is -1.03. The van der Waals surface area contributed by atoms with E-state index in [4.69, 9.17) is 0 Å². The quantitative estimate of drug-likeness (QED) is 0.408. The summed E-state index contributed by atoms with van der Waals surface area (Å²) in [7, 11) is 1.12. The first-order valence-electron chi connectivity index (χ1n) is 8.55. The van der Waals surface area contributed by atoms with Crippen LogP contribution in [0.2, 0.25) is 0 Å². The third-order valence-electron chi connectivity index (χ3n) is 4.13. The molecule has 0 saturated carbocycles. The van der Waals surface area contributed by atoms with Crippen LogP contribution in [-0.4, -0.2) is 39.4 Å². The van der Waals surface area contributed by atoms with E-state index in [9.17, 15) is 24.5 Å². The Morgan fingerprint density at radius 3 is 2.43 bits per heavy atom. The van der Waals surface area contributed by atoms with E-state index >= 15 is 0 Å². The number of nitrogens with zero attached hydrogens (tertiary/aromatic N) is 3. The lowest BCUT2D eigenvalue weighted by Crippen LogP contribution is -2.40. The van der Waals surface area contributed by atoms with Crippen molar-refractivity contribution in [3.05, 3.63) is 74.2 Å². The van der Waals surface area contributed by atoms with Crippen LogP contribution in [-0.2, 0) is 22.6 Å². The molecule has 0 atom stereocenters. The number of ether oxygens (including phenoxy) is 1. The fraction of sp³-hybridized carbons (Fsp3) is 0.316. The van der Waals surface area contributed by atoms with Crippen LogP contribution >= 0.6 is 0 Å². The molecule has 148 valence electrons. The molecule has 9 heteroatoms. The van der Waals surface area contributed by atoms with Crippen LogP contribution in [0.15, 0.2) is 47.4 Å². The highest BCUT2D eigenvalue weighted by Gasteiger charge is 2.24. The van der Waals surface area contributed by atoms with Gasteiger partial charge in [0.15, 0.2) is 0 Å². The number of amides is 1. The Hall–Kier alpha value is -3.49. The molecule has 0 aliphatic heterocycles. The fourth-order valence-electron chi connectivity index (χ4n) is 2.67. The van der Waals surface area contributed by atoms with Crippen molar-refractivity contribution < 1.29 is 19.2 Å². The molecule has 0 unspecified atom stereocenters. The molecule has 0 aliphatic rings. The predicted octanol–water partition coefficient (Wildman–Crippen LogP) is 1.98. The second-order valence-electron chi connectivity index (χ2n) is 6.40. The van der Waals surface area contributed by atoms with E-state index in [-0.39, 0.29) is 11.6 Å². The zero-order chi connectivity index (χ0) is 20.8. The van der Waals surface area contributed by atoms with Crippen LogP contribution < -0.4 is 5.56 Å². The van der Waals surface area contributed by atoms with Crippen molar-refractivity contribution in [1.29, 1.82) is 0 Å². The number of benzene rings is 1. The molecule has 28 heavy (non-hydrogen) atoms. The lowest BCUT2D eigenvalue weighted by atomic mass is 10.2. The second kappa shape index (κ2) is 8.94. The van der Waals surface area contributed by atoms with Gasteiger partial charge in [-0.05, 0) is 19.4 Å². The van der Waals surface area contributed by atoms with Crippen LogP contribution in [0.25, 0.3) is 0 Å². The van der Waals surface area contributed by atoms with Gasteiger partial charge in [0, 0.05) is 24.8 Å². The number of aromatic nitrogens is 1. The van der Waals surface area contributed by atoms with Crippen LogP contribution in [0.4, 0.5) is 5.69 Å². The molecule has 0 saturated heterocycles. The maximum absolute atomic E-state index is 12.8. The number of rotatable bonds is 7. The summed E-state index contributed by atoms with van der Waals surface area (Å²) in [6.07, 6.45) is 1.10. The molecule has 2 aromatic rings. The highest BCUT2D eigenvalue weighted by atomic mass is 16.6. The standard InChI is InChI=1S/C19H21N3O6/c1-13(2)21(10-14-7-5-4-6-8-14)17(23)12-20-11-15(19(25)28-3)9-16(18(20)24)22(26)27/h4-9,11,13H,10,12H2,1-3H3. The largest absolute Gasteiger partial charge is 0.465 e. The SMILES string of the molecule is COC(=O)c1cc([N+](=O)[O-])c(=O)n(CC(=O)N(Cc2ccccc2)C(C)C)c1. The van der Waals surface area contributed by atoms with Gasteiger partial charge < -0.3 is 9.64 Å². The Morgan fingerprint density at radius 2 is 1.89 bits per heavy atom. The molecule has 1 amide bonds. The molecule has 0 radical (unpaired) electrons. The van der Waals surface area contributed by atoms with Gasteiger partial charge in [-0.2, -0.15) is 0 Å². The summed E-state index contributed by atoms with van der Waals surface area (Å²) in [6, 6.07) is 10.00. The smallest absolute Gasteiger partial charge is 0.339 e. The number of hydrogen-bond acceptors (Lipinski definition) is 6. The molecule has 0 spiro atoms. The third kappa shape index (κ3) is 4.81. The molecular formula is C19H21N3O6. The van der Waals surface area contributed by atoms with Crippen LogP contribution in [0.1, 0.15) is 29.8 Å². The lowest BCUT2D eigenvalue weighted by molar-refractivity contribution is -0.386. The number of carbonyl (C=O) groups is 2. The summed E-state index contributed by atoms with van der Waals surface area (Å²) in [4.78, 5) is 48.8. The van der Waals surface area contributed by atoms with Gasteiger partial charge in [0.25, 0.3) is 0 Å². The molecule has 1 heterocycles. The van der Waals surface area contributed by atoms with Gasteiger partial charge in [0.05, 0.1) is 17.6 Å².